The van der Waals surface area contributed by atoms with Gasteiger partial charge in [-0.1, -0.05) is 50.6 Å². The second kappa shape index (κ2) is 8.22. The first-order valence-electron chi connectivity index (χ1n) is 9.20. The Balaban J connectivity index is 1.91. The Bertz CT molecular complexity index is 1200. The van der Waals surface area contributed by atoms with Gasteiger partial charge in [0.1, 0.15) is 4.90 Å². The molecule has 3 N–H and O–H groups in total. The molecule has 7 nitrogen and oxygen atoms in total. The summed E-state index contributed by atoms with van der Waals surface area (Å²) in [6.07, 6.45) is 3.36. The molecule has 0 spiro atoms. The summed E-state index contributed by atoms with van der Waals surface area (Å²) in [5.41, 5.74) is 1.95. The number of sulfonamides is 1. The standard InChI is InChI=1S/C21H23ClN4O3S/c1-21(2,3)19-12-26(13-24-19)17-9-8-15(11-18(17)30(23,28)29)25-20(27)10-14-6-4-5-7-16(14)22/h4-9,11-13H,10H2,1-3H3,(H,25,27)(H2,23,28,29). The summed E-state index contributed by atoms with van der Waals surface area (Å²) in [5, 5.41) is 8.62. The minimum Gasteiger partial charge on any atom is -0.326 e. The van der Waals surface area contributed by atoms with Crippen LogP contribution in [-0.2, 0) is 26.7 Å². The fourth-order valence-corrected chi connectivity index (χ4v) is 3.85. The van der Waals surface area contributed by atoms with E-state index in [0.717, 1.165) is 5.69 Å². The van der Waals surface area contributed by atoms with E-state index in [2.05, 4.69) is 10.3 Å². The van der Waals surface area contributed by atoms with Crippen LogP contribution in [0.1, 0.15) is 32.0 Å². The number of benzene rings is 2. The Morgan fingerprint density at radius 3 is 2.50 bits per heavy atom. The highest BCUT2D eigenvalue weighted by Gasteiger charge is 2.21. The molecule has 0 atom stereocenters. The summed E-state index contributed by atoms with van der Waals surface area (Å²) in [6, 6.07) is 11.6. The maximum atomic E-state index is 12.4. The topological polar surface area (TPSA) is 107 Å². The zero-order valence-electron chi connectivity index (χ0n) is 16.9. The Hall–Kier alpha value is -2.68. The Morgan fingerprint density at radius 1 is 1.20 bits per heavy atom. The van der Waals surface area contributed by atoms with Crippen molar-refractivity contribution in [1.82, 2.24) is 9.55 Å². The van der Waals surface area contributed by atoms with Crippen molar-refractivity contribution in [2.75, 3.05) is 5.32 Å². The molecule has 0 fully saturated rings. The molecule has 0 unspecified atom stereocenters. The number of carbonyl (C=O) groups is 1. The van der Waals surface area contributed by atoms with E-state index in [1.165, 1.54) is 6.07 Å². The van der Waals surface area contributed by atoms with Gasteiger partial charge in [-0.15, -0.1) is 0 Å². The summed E-state index contributed by atoms with van der Waals surface area (Å²) < 4.78 is 26.0. The molecule has 0 saturated heterocycles. The van der Waals surface area contributed by atoms with Gasteiger partial charge in [0.2, 0.25) is 15.9 Å². The van der Waals surface area contributed by atoms with Crippen molar-refractivity contribution in [2.45, 2.75) is 37.5 Å². The minimum absolute atomic E-state index is 0.0581. The number of nitrogens with zero attached hydrogens (tertiary/aromatic N) is 2. The van der Waals surface area contributed by atoms with E-state index in [1.807, 2.05) is 20.8 Å². The van der Waals surface area contributed by atoms with E-state index < -0.39 is 10.0 Å². The van der Waals surface area contributed by atoms with Crippen LogP contribution in [0.3, 0.4) is 0 Å². The summed E-state index contributed by atoms with van der Waals surface area (Å²) in [7, 11) is -4.05. The first kappa shape index (κ1) is 22.0. The second-order valence-electron chi connectivity index (χ2n) is 7.96. The van der Waals surface area contributed by atoms with Crippen molar-refractivity contribution in [3.63, 3.8) is 0 Å². The van der Waals surface area contributed by atoms with Gasteiger partial charge in [0, 0.05) is 22.3 Å². The van der Waals surface area contributed by atoms with Crippen molar-refractivity contribution in [3.05, 3.63) is 71.3 Å². The van der Waals surface area contributed by atoms with Crippen molar-refractivity contribution in [2.24, 2.45) is 5.14 Å². The maximum absolute atomic E-state index is 12.4. The zero-order chi connectivity index (χ0) is 22.1. The average Bonchev–Trinajstić information content (AvgIpc) is 3.13. The van der Waals surface area contributed by atoms with Crippen LogP contribution in [0.4, 0.5) is 5.69 Å². The molecule has 0 aliphatic carbocycles. The van der Waals surface area contributed by atoms with Crippen LogP contribution >= 0.6 is 11.6 Å². The average molecular weight is 447 g/mol. The van der Waals surface area contributed by atoms with E-state index >= 15 is 0 Å². The van der Waals surface area contributed by atoms with Gasteiger partial charge in [-0.25, -0.2) is 18.5 Å². The lowest BCUT2D eigenvalue weighted by molar-refractivity contribution is -0.115. The fraction of sp³-hybridized carbons (Fsp3) is 0.238. The number of rotatable bonds is 5. The predicted octanol–water partition coefficient (Wildman–Crippen LogP) is 3.65. The molecule has 3 aromatic rings. The van der Waals surface area contributed by atoms with Gasteiger partial charge >= 0.3 is 0 Å². The molecule has 0 aliphatic heterocycles. The number of carbonyl (C=O) groups excluding carboxylic acids is 1. The molecule has 2 aromatic carbocycles. The van der Waals surface area contributed by atoms with E-state index in [9.17, 15) is 13.2 Å². The van der Waals surface area contributed by atoms with Crippen LogP contribution < -0.4 is 10.5 Å². The normalized spacial score (nSPS) is 12.0. The van der Waals surface area contributed by atoms with Crippen LogP contribution in [-0.4, -0.2) is 23.9 Å². The van der Waals surface area contributed by atoms with Crippen LogP contribution in [0, 0.1) is 0 Å². The van der Waals surface area contributed by atoms with Gasteiger partial charge < -0.3 is 9.88 Å². The lowest BCUT2D eigenvalue weighted by Crippen LogP contribution is -2.18. The third kappa shape index (κ3) is 5.08. The number of imidazole rings is 1. The second-order valence-corrected chi connectivity index (χ2v) is 9.90. The molecule has 1 amide bonds. The van der Waals surface area contributed by atoms with Crippen LogP contribution in [0.2, 0.25) is 5.02 Å². The van der Waals surface area contributed by atoms with Crippen molar-refractivity contribution < 1.29 is 13.2 Å². The van der Waals surface area contributed by atoms with Crippen molar-refractivity contribution >= 4 is 33.2 Å². The molecular formula is C21H23ClN4O3S. The first-order valence-corrected chi connectivity index (χ1v) is 11.1. The van der Waals surface area contributed by atoms with Gasteiger partial charge in [0.05, 0.1) is 24.1 Å². The van der Waals surface area contributed by atoms with Gasteiger partial charge in [0.15, 0.2) is 0 Å². The van der Waals surface area contributed by atoms with Crippen molar-refractivity contribution in [1.29, 1.82) is 0 Å². The van der Waals surface area contributed by atoms with Crippen LogP contribution in [0.25, 0.3) is 5.69 Å². The van der Waals surface area contributed by atoms with Gasteiger partial charge in [-0.2, -0.15) is 0 Å². The van der Waals surface area contributed by atoms with E-state index in [-0.39, 0.29) is 22.6 Å². The first-order chi connectivity index (χ1) is 13.9. The molecule has 0 aliphatic rings. The summed E-state index contributed by atoms with van der Waals surface area (Å²) >= 11 is 6.09. The van der Waals surface area contributed by atoms with Gasteiger partial charge in [0.25, 0.3) is 0 Å². The SMILES string of the molecule is CC(C)(C)c1cn(-c2ccc(NC(=O)Cc3ccccc3Cl)cc2S(N)(=O)=O)cn1. The smallest absolute Gasteiger partial charge is 0.240 e. The number of nitrogens with two attached hydrogens (primary N) is 1. The third-order valence-electron chi connectivity index (χ3n) is 4.49. The third-order valence-corrected chi connectivity index (χ3v) is 5.80. The Kier molecular flexibility index (Phi) is 6.03. The monoisotopic (exact) mass is 446 g/mol. The highest BCUT2D eigenvalue weighted by molar-refractivity contribution is 7.89. The quantitative estimate of drug-likeness (QED) is 0.623. The summed E-state index contributed by atoms with van der Waals surface area (Å²) in [5.74, 6) is -0.325. The molecular weight excluding hydrogens is 424 g/mol. The Labute approximate surface area is 180 Å². The number of amides is 1. The highest BCUT2D eigenvalue weighted by atomic mass is 35.5. The van der Waals surface area contributed by atoms with Gasteiger partial charge in [-0.3, -0.25) is 4.79 Å². The predicted molar refractivity (Wildman–Crippen MR) is 117 cm³/mol. The zero-order valence-corrected chi connectivity index (χ0v) is 18.5. The summed E-state index contributed by atoms with van der Waals surface area (Å²) in [4.78, 5) is 16.6. The number of hydrogen-bond acceptors (Lipinski definition) is 4. The number of aromatic nitrogens is 2. The van der Waals surface area contributed by atoms with Crippen LogP contribution in [0.5, 0.6) is 0 Å². The summed E-state index contributed by atoms with van der Waals surface area (Å²) in [6.45, 7) is 6.04. The molecule has 30 heavy (non-hydrogen) atoms. The number of nitrogens with one attached hydrogen (secondary N) is 1. The van der Waals surface area contributed by atoms with E-state index in [1.54, 1.807) is 53.5 Å². The van der Waals surface area contributed by atoms with Crippen LogP contribution in [0.15, 0.2) is 59.9 Å². The molecule has 1 heterocycles. The molecule has 158 valence electrons. The molecule has 1 aromatic heterocycles. The fourth-order valence-electron chi connectivity index (χ4n) is 2.89. The molecule has 0 bridgehead atoms. The lowest BCUT2D eigenvalue weighted by atomic mass is 9.93. The van der Waals surface area contributed by atoms with E-state index in [0.29, 0.717) is 22.0 Å². The maximum Gasteiger partial charge on any atom is 0.240 e. The lowest BCUT2D eigenvalue weighted by Gasteiger charge is -2.15. The number of halogens is 1. The highest BCUT2D eigenvalue weighted by Crippen LogP contribution is 2.26. The van der Waals surface area contributed by atoms with E-state index in [4.69, 9.17) is 16.7 Å². The molecule has 0 saturated carbocycles. The minimum atomic E-state index is -4.05. The molecule has 0 radical (unpaired) electrons. The number of hydrogen-bond donors (Lipinski definition) is 2. The van der Waals surface area contributed by atoms with Crippen molar-refractivity contribution in [3.8, 4) is 5.69 Å². The molecule has 9 heteroatoms. The number of primary sulfonamides is 1. The van der Waals surface area contributed by atoms with Gasteiger partial charge in [-0.05, 0) is 29.8 Å². The molecule has 3 rings (SSSR count). The largest absolute Gasteiger partial charge is 0.326 e. The Morgan fingerprint density at radius 2 is 1.90 bits per heavy atom. The number of anilines is 1.